The largest absolute Gasteiger partial charge is 0.481 e. The van der Waals surface area contributed by atoms with E-state index in [4.69, 9.17) is 5.11 Å². The Bertz CT molecular complexity index is 491. The van der Waals surface area contributed by atoms with Crippen molar-refractivity contribution in [3.8, 4) is 0 Å². The maximum absolute atomic E-state index is 12.0. The SMILES string of the molecule is Cc1cc(C(=O)NCCSCC(=O)O)c(C)cc1Br. The van der Waals surface area contributed by atoms with Crippen LogP contribution in [0.25, 0.3) is 0 Å². The summed E-state index contributed by atoms with van der Waals surface area (Å²) in [5, 5.41) is 11.3. The van der Waals surface area contributed by atoms with Gasteiger partial charge in [-0.3, -0.25) is 9.59 Å². The van der Waals surface area contributed by atoms with Crippen LogP contribution < -0.4 is 5.32 Å². The molecule has 1 aromatic carbocycles. The molecule has 104 valence electrons. The Morgan fingerprint density at radius 2 is 2.00 bits per heavy atom. The Hall–Kier alpha value is -1.01. The predicted octanol–water partition coefficient (Wildman–Crippen LogP) is 2.61. The molecule has 4 nitrogen and oxygen atoms in total. The van der Waals surface area contributed by atoms with E-state index in [1.165, 1.54) is 11.8 Å². The summed E-state index contributed by atoms with van der Waals surface area (Å²) < 4.78 is 0.985. The Morgan fingerprint density at radius 1 is 1.32 bits per heavy atom. The van der Waals surface area contributed by atoms with Crippen molar-refractivity contribution in [1.29, 1.82) is 0 Å². The number of carboxylic acids is 1. The van der Waals surface area contributed by atoms with Gasteiger partial charge in [-0.15, -0.1) is 11.8 Å². The van der Waals surface area contributed by atoms with Gasteiger partial charge in [0.2, 0.25) is 0 Å². The molecule has 0 saturated carbocycles. The van der Waals surface area contributed by atoms with Crippen molar-refractivity contribution in [2.24, 2.45) is 0 Å². The van der Waals surface area contributed by atoms with Crippen molar-refractivity contribution >= 4 is 39.6 Å². The number of carbonyl (C=O) groups is 2. The van der Waals surface area contributed by atoms with E-state index in [2.05, 4.69) is 21.2 Å². The first kappa shape index (κ1) is 16.0. The molecule has 0 spiro atoms. The lowest BCUT2D eigenvalue weighted by Gasteiger charge is -2.09. The smallest absolute Gasteiger partial charge is 0.313 e. The first-order valence-corrected chi connectivity index (χ1v) is 7.71. The van der Waals surface area contributed by atoms with Gasteiger partial charge in [0.25, 0.3) is 5.91 Å². The van der Waals surface area contributed by atoms with Crippen LogP contribution in [0.3, 0.4) is 0 Å². The summed E-state index contributed by atoms with van der Waals surface area (Å²) in [5.74, 6) is -0.307. The molecular formula is C13H16BrNO3S. The van der Waals surface area contributed by atoms with Gasteiger partial charge in [-0.25, -0.2) is 0 Å². The number of thioether (sulfide) groups is 1. The second kappa shape index (κ2) is 7.55. The van der Waals surface area contributed by atoms with Crippen molar-refractivity contribution in [2.45, 2.75) is 13.8 Å². The maximum Gasteiger partial charge on any atom is 0.313 e. The summed E-state index contributed by atoms with van der Waals surface area (Å²) in [4.78, 5) is 22.3. The Labute approximate surface area is 125 Å². The Kier molecular flexibility index (Phi) is 6.37. The third-order valence-corrected chi connectivity index (χ3v) is 4.31. The zero-order valence-corrected chi connectivity index (χ0v) is 13.2. The lowest BCUT2D eigenvalue weighted by molar-refractivity contribution is -0.133. The summed E-state index contributed by atoms with van der Waals surface area (Å²) in [6, 6.07) is 3.77. The maximum atomic E-state index is 12.0. The number of amides is 1. The van der Waals surface area contributed by atoms with Crippen molar-refractivity contribution in [1.82, 2.24) is 5.32 Å². The Morgan fingerprint density at radius 3 is 2.63 bits per heavy atom. The highest BCUT2D eigenvalue weighted by atomic mass is 79.9. The third-order valence-electron chi connectivity index (χ3n) is 2.51. The number of rotatable bonds is 6. The molecule has 6 heteroatoms. The van der Waals surface area contributed by atoms with E-state index >= 15 is 0 Å². The molecule has 2 N–H and O–H groups in total. The quantitative estimate of drug-likeness (QED) is 0.777. The second-order valence-corrected chi connectivity index (χ2v) is 6.08. The fourth-order valence-corrected chi connectivity index (χ4v) is 2.54. The zero-order valence-electron chi connectivity index (χ0n) is 10.8. The molecule has 1 amide bonds. The van der Waals surface area contributed by atoms with Crippen molar-refractivity contribution < 1.29 is 14.7 Å². The molecule has 0 radical (unpaired) electrons. The molecule has 0 aromatic heterocycles. The summed E-state index contributed by atoms with van der Waals surface area (Å²) >= 11 is 4.71. The van der Waals surface area contributed by atoms with Gasteiger partial charge in [-0.05, 0) is 37.1 Å². The molecule has 0 fully saturated rings. The van der Waals surface area contributed by atoms with Gasteiger partial charge in [0, 0.05) is 22.3 Å². The standard InChI is InChI=1S/C13H16BrNO3S/c1-8-6-11(14)9(2)5-10(8)13(18)15-3-4-19-7-12(16)17/h5-6H,3-4,7H2,1-2H3,(H,15,18)(H,16,17). The predicted molar refractivity (Wildman–Crippen MR) is 80.9 cm³/mol. The second-order valence-electron chi connectivity index (χ2n) is 4.12. The van der Waals surface area contributed by atoms with Crippen molar-refractivity contribution in [3.63, 3.8) is 0 Å². The normalized spacial score (nSPS) is 10.3. The van der Waals surface area contributed by atoms with Gasteiger partial charge in [-0.2, -0.15) is 0 Å². The van der Waals surface area contributed by atoms with Crippen LogP contribution in [0.2, 0.25) is 0 Å². The number of halogens is 1. The molecule has 0 aliphatic heterocycles. The van der Waals surface area contributed by atoms with Gasteiger partial charge >= 0.3 is 5.97 Å². The number of carboxylic acid groups (broad SMARTS) is 1. The number of hydrogen-bond acceptors (Lipinski definition) is 3. The van der Waals surface area contributed by atoms with Crippen LogP contribution in [-0.2, 0) is 4.79 Å². The molecule has 0 aliphatic carbocycles. The molecule has 0 bridgehead atoms. The van der Waals surface area contributed by atoms with Gasteiger partial charge in [-0.1, -0.05) is 15.9 Å². The molecular weight excluding hydrogens is 330 g/mol. The van der Waals surface area contributed by atoms with E-state index < -0.39 is 5.97 Å². The highest BCUT2D eigenvalue weighted by Crippen LogP contribution is 2.20. The third kappa shape index (κ3) is 5.24. The van der Waals surface area contributed by atoms with Crippen LogP contribution in [-0.4, -0.2) is 35.0 Å². The van der Waals surface area contributed by atoms with Gasteiger partial charge in [0.15, 0.2) is 0 Å². The van der Waals surface area contributed by atoms with Crippen LogP contribution >= 0.6 is 27.7 Å². The average Bonchev–Trinajstić information content (AvgIpc) is 2.32. The molecule has 0 unspecified atom stereocenters. The van der Waals surface area contributed by atoms with E-state index in [0.29, 0.717) is 17.9 Å². The minimum Gasteiger partial charge on any atom is -0.481 e. The van der Waals surface area contributed by atoms with E-state index in [1.54, 1.807) is 0 Å². The van der Waals surface area contributed by atoms with Crippen molar-refractivity contribution in [2.75, 3.05) is 18.1 Å². The lowest BCUT2D eigenvalue weighted by atomic mass is 10.1. The topological polar surface area (TPSA) is 66.4 Å². The van der Waals surface area contributed by atoms with Gasteiger partial charge in [0.1, 0.15) is 0 Å². The fourth-order valence-electron chi connectivity index (χ4n) is 1.52. The van der Waals surface area contributed by atoms with Crippen LogP contribution in [0, 0.1) is 13.8 Å². The van der Waals surface area contributed by atoms with Crippen LogP contribution in [0.15, 0.2) is 16.6 Å². The molecule has 1 rings (SSSR count). The summed E-state index contributed by atoms with van der Waals surface area (Å²) in [5.41, 5.74) is 2.58. The number of aliphatic carboxylic acids is 1. The average molecular weight is 346 g/mol. The highest BCUT2D eigenvalue weighted by Gasteiger charge is 2.10. The van der Waals surface area contributed by atoms with E-state index in [-0.39, 0.29) is 11.7 Å². The summed E-state index contributed by atoms with van der Waals surface area (Å²) in [6.07, 6.45) is 0. The fraction of sp³-hybridized carbons (Fsp3) is 0.385. The van der Waals surface area contributed by atoms with Crippen LogP contribution in [0.4, 0.5) is 0 Å². The van der Waals surface area contributed by atoms with E-state index in [1.807, 2.05) is 26.0 Å². The molecule has 1 aromatic rings. The van der Waals surface area contributed by atoms with Crippen molar-refractivity contribution in [3.05, 3.63) is 33.3 Å². The van der Waals surface area contributed by atoms with Crippen LogP contribution in [0.5, 0.6) is 0 Å². The molecule has 0 heterocycles. The number of aryl methyl sites for hydroxylation is 2. The monoisotopic (exact) mass is 345 g/mol. The van der Waals surface area contributed by atoms with Crippen LogP contribution in [0.1, 0.15) is 21.5 Å². The zero-order chi connectivity index (χ0) is 14.4. The first-order valence-electron chi connectivity index (χ1n) is 5.76. The number of benzene rings is 1. The number of hydrogen-bond donors (Lipinski definition) is 2. The molecule has 0 atom stereocenters. The van der Waals surface area contributed by atoms with Gasteiger partial charge in [0.05, 0.1) is 5.75 Å². The summed E-state index contributed by atoms with van der Waals surface area (Å²) in [7, 11) is 0. The molecule has 19 heavy (non-hydrogen) atoms. The summed E-state index contributed by atoms with van der Waals surface area (Å²) in [6.45, 7) is 4.28. The van der Waals surface area contributed by atoms with E-state index in [9.17, 15) is 9.59 Å². The number of carbonyl (C=O) groups excluding carboxylic acids is 1. The Balaban J connectivity index is 2.50. The minimum absolute atomic E-state index is 0.0618. The number of nitrogens with one attached hydrogen (secondary N) is 1. The lowest BCUT2D eigenvalue weighted by Crippen LogP contribution is -2.26. The molecule has 0 saturated heterocycles. The highest BCUT2D eigenvalue weighted by molar-refractivity contribution is 9.10. The minimum atomic E-state index is -0.837. The van der Waals surface area contributed by atoms with E-state index in [0.717, 1.165) is 15.6 Å². The molecule has 0 aliphatic rings. The van der Waals surface area contributed by atoms with Gasteiger partial charge < -0.3 is 10.4 Å². The first-order chi connectivity index (χ1) is 8.91.